The first-order chi connectivity index (χ1) is 13.7. The summed E-state index contributed by atoms with van der Waals surface area (Å²) in [6.07, 6.45) is 20.1. The Balaban J connectivity index is 0.838. The molecule has 13 atom stereocenters. The largest absolute Gasteiger partial charge is 0.0617 e. The summed E-state index contributed by atoms with van der Waals surface area (Å²) >= 11 is 0. The molecule has 0 aromatic carbocycles. The predicted octanol–water partition coefficient (Wildman–Crippen LogP) is 6.59. The van der Waals surface area contributed by atoms with Gasteiger partial charge in [0.2, 0.25) is 0 Å². The molecule has 0 N–H and O–H groups in total. The average Bonchev–Trinajstić information content (AvgIpc) is 3.42. The fourth-order valence-corrected chi connectivity index (χ4v) is 15.5. The molecule has 0 heterocycles. The molecule has 0 saturated heterocycles. The van der Waals surface area contributed by atoms with Crippen molar-refractivity contribution in [3.63, 3.8) is 0 Å². The Labute approximate surface area is 175 Å². The minimum Gasteiger partial charge on any atom is -0.0617 e. The van der Waals surface area contributed by atoms with Crippen LogP contribution in [0.5, 0.6) is 0 Å². The van der Waals surface area contributed by atoms with Crippen molar-refractivity contribution in [3.05, 3.63) is 0 Å². The Bertz CT molecular complexity index is 1120. The summed E-state index contributed by atoms with van der Waals surface area (Å²) in [5.74, 6) is 3.41. The average molecular weight is 385 g/mol. The van der Waals surface area contributed by atoms with Crippen molar-refractivity contribution in [1.82, 2.24) is 0 Å². The van der Waals surface area contributed by atoms with E-state index >= 15 is 0 Å². The number of hydrogen-bond acceptors (Lipinski definition) is 0. The summed E-state index contributed by atoms with van der Waals surface area (Å²) < 4.78 is 0. The molecule has 0 aromatic rings. The quantitative estimate of drug-likeness (QED) is 0.504. The third-order valence-corrected chi connectivity index (χ3v) is 17.9. The zero-order valence-corrected chi connectivity index (χ0v) is 18.7. The van der Waals surface area contributed by atoms with Crippen molar-refractivity contribution in [2.75, 3.05) is 0 Å². The second kappa shape index (κ2) is 2.70. The van der Waals surface area contributed by atoms with Gasteiger partial charge in [0.25, 0.3) is 0 Å². The van der Waals surface area contributed by atoms with Crippen LogP contribution in [0.1, 0.15) is 97.8 Å². The molecule has 0 amide bonds. The van der Waals surface area contributed by atoms with Crippen LogP contribution in [-0.4, -0.2) is 0 Å². The van der Waals surface area contributed by atoms with Gasteiger partial charge in [0.15, 0.2) is 0 Å². The number of fused-ring (bicyclic) bond motifs is 10. The first-order valence-corrected chi connectivity index (χ1v) is 13.7. The predicted molar refractivity (Wildman–Crippen MR) is 110 cm³/mol. The molecule has 29 heavy (non-hydrogen) atoms. The Hall–Kier alpha value is 0. The number of hydrogen-bond donors (Lipinski definition) is 0. The van der Waals surface area contributed by atoms with E-state index in [1.807, 2.05) is 0 Å². The lowest BCUT2D eigenvalue weighted by Gasteiger charge is -2.22. The summed E-state index contributed by atoms with van der Waals surface area (Å²) in [7, 11) is 0. The molecular weight excluding hydrogens is 348 g/mol. The van der Waals surface area contributed by atoms with Crippen molar-refractivity contribution in [3.8, 4) is 0 Å². The molecule has 0 heteroatoms. The monoisotopic (exact) mass is 384 g/mol. The highest BCUT2D eigenvalue weighted by Gasteiger charge is 3.12. The summed E-state index contributed by atoms with van der Waals surface area (Å²) in [6, 6.07) is 0. The molecule has 0 aliphatic heterocycles. The van der Waals surface area contributed by atoms with E-state index in [1.54, 1.807) is 77.0 Å². The van der Waals surface area contributed by atoms with Gasteiger partial charge in [-0.1, -0.05) is 20.8 Å². The van der Waals surface area contributed by atoms with Gasteiger partial charge in [-0.05, 0) is 154 Å². The van der Waals surface area contributed by atoms with Crippen molar-refractivity contribution in [2.45, 2.75) is 97.8 Å². The maximum atomic E-state index is 2.79. The zero-order chi connectivity index (χ0) is 18.7. The summed E-state index contributed by atoms with van der Waals surface area (Å²) in [4.78, 5) is 0. The SMILES string of the molecule is CC(C1CC12CC21CC12CC21CC12CC21CC1)C1(C)CC12CC21CC12C1CC12C. The van der Waals surface area contributed by atoms with Gasteiger partial charge in [-0.15, -0.1) is 0 Å². The van der Waals surface area contributed by atoms with E-state index in [9.17, 15) is 0 Å². The summed E-state index contributed by atoms with van der Waals surface area (Å²) in [5.41, 5.74) is 10.0. The van der Waals surface area contributed by atoms with E-state index < -0.39 is 0 Å². The van der Waals surface area contributed by atoms with Crippen molar-refractivity contribution in [1.29, 1.82) is 0 Å². The van der Waals surface area contributed by atoms with Crippen LogP contribution in [0.25, 0.3) is 0 Å². The lowest BCUT2D eigenvalue weighted by Crippen LogP contribution is -2.17. The van der Waals surface area contributed by atoms with E-state index in [2.05, 4.69) is 20.8 Å². The highest BCUT2D eigenvalue weighted by atomic mass is 15.2. The van der Waals surface area contributed by atoms with Crippen LogP contribution in [0.4, 0.5) is 0 Å². The zero-order valence-electron chi connectivity index (χ0n) is 18.7. The van der Waals surface area contributed by atoms with Gasteiger partial charge in [0.05, 0.1) is 0 Å². The van der Waals surface area contributed by atoms with E-state index in [1.165, 1.54) is 5.92 Å². The minimum atomic E-state index is 0.762. The molecule has 0 aromatic heterocycles. The van der Waals surface area contributed by atoms with Gasteiger partial charge >= 0.3 is 0 Å². The standard InChI is InChI=1S/C29H36/c1-16(20(3)8-23(20)11-28(23)15-29(28)18-7-19(18,29)2)17-6-22(17)10-25(22)13-27(25)14-26(27)12-24(26)9-21(24)4-5-21/h16-18H,4-15H2,1-3H3. The second-order valence-electron chi connectivity index (χ2n) is 17.0. The Morgan fingerprint density at radius 3 is 2.00 bits per heavy atom. The highest BCUT2D eigenvalue weighted by Crippen LogP contribution is 3.19. The fourth-order valence-electron chi connectivity index (χ4n) is 15.5. The summed E-state index contributed by atoms with van der Waals surface area (Å²) in [5, 5.41) is 0. The molecule has 9 spiro atoms. The van der Waals surface area contributed by atoms with E-state index in [-0.39, 0.29) is 0 Å². The van der Waals surface area contributed by atoms with Gasteiger partial charge in [0.1, 0.15) is 0 Å². The number of rotatable bonds is 2. The Kier molecular flexibility index (Phi) is 1.32. The van der Waals surface area contributed by atoms with Gasteiger partial charge < -0.3 is 0 Å². The van der Waals surface area contributed by atoms with Crippen molar-refractivity contribution < 1.29 is 0 Å². The highest BCUT2D eigenvalue weighted by molar-refractivity contribution is 5.60. The fraction of sp³-hybridized carbons (Fsp3) is 1.00. The first-order valence-electron chi connectivity index (χ1n) is 13.7. The molecule has 0 bridgehead atoms. The molecule has 12 rings (SSSR count). The maximum Gasteiger partial charge on any atom is -0.0139 e. The molecule has 13 unspecified atom stereocenters. The molecule has 0 radical (unpaired) electrons. The van der Waals surface area contributed by atoms with E-state index in [0.29, 0.717) is 0 Å². The Morgan fingerprint density at radius 2 is 1.34 bits per heavy atom. The van der Waals surface area contributed by atoms with Gasteiger partial charge in [-0.25, -0.2) is 0 Å². The molecule has 12 fully saturated rings. The van der Waals surface area contributed by atoms with Crippen LogP contribution in [0.15, 0.2) is 0 Å². The van der Waals surface area contributed by atoms with Gasteiger partial charge in [0, 0.05) is 0 Å². The first kappa shape index (κ1) is 14.2. The summed E-state index contributed by atoms with van der Waals surface area (Å²) in [6.45, 7) is 8.20. The van der Waals surface area contributed by atoms with Crippen LogP contribution in [0, 0.1) is 77.3 Å². The van der Waals surface area contributed by atoms with E-state index in [0.717, 1.165) is 71.4 Å². The molecule has 0 nitrogen and oxygen atoms in total. The Morgan fingerprint density at radius 1 is 0.655 bits per heavy atom. The molecular formula is C29H36. The molecule has 12 saturated carbocycles. The van der Waals surface area contributed by atoms with Crippen LogP contribution in [0.2, 0.25) is 0 Å². The topological polar surface area (TPSA) is 0 Å². The lowest BCUT2D eigenvalue weighted by molar-refractivity contribution is 0.252. The van der Waals surface area contributed by atoms with Crippen LogP contribution in [0.3, 0.4) is 0 Å². The third-order valence-electron chi connectivity index (χ3n) is 17.9. The van der Waals surface area contributed by atoms with Crippen molar-refractivity contribution in [2.24, 2.45) is 77.3 Å². The minimum absolute atomic E-state index is 0.762. The second-order valence-corrected chi connectivity index (χ2v) is 17.0. The van der Waals surface area contributed by atoms with Gasteiger partial charge in [-0.3, -0.25) is 0 Å². The normalized spacial score (nSPS) is 89.1. The third kappa shape index (κ3) is 0.841. The maximum absolute atomic E-state index is 2.79. The molecule has 12 aliphatic rings. The van der Waals surface area contributed by atoms with Crippen LogP contribution < -0.4 is 0 Å². The molecule has 152 valence electrons. The van der Waals surface area contributed by atoms with Crippen LogP contribution in [-0.2, 0) is 0 Å². The van der Waals surface area contributed by atoms with E-state index in [4.69, 9.17) is 0 Å². The molecule has 12 aliphatic carbocycles. The van der Waals surface area contributed by atoms with Gasteiger partial charge in [-0.2, -0.15) is 0 Å². The lowest BCUT2D eigenvalue weighted by atomic mass is 9.82. The van der Waals surface area contributed by atoms with Crippen molar-refractivity contribution >= 4 is 0 Å². The smallest absolute Gasteiger partial charge is 0.0139 e. The van der Waals surface area contributed by atoms with Crippen LogP contribution >= 0.6 is 0 Å².